The summed E-state index contributed by atoms with van der Waals surface area (Å²) in [6.07, 6.45) is 2.76. The zero-order valence-corrected chi connectivity index (χ0v) is 17.7. The third kappa shape index (κ3) is 6.23. The topological polar surface area (TPSA) is 60.5 Å². The highest BCUT2D eigenvalue weighted by molar-refractivity contribution is 6.03. The highest BCUT2D eigenvalue weighted by Gasteiger charge is 2.11. The molecule has 0 fully saturated rings. The molecule has 0 aliphatic heterocycles. The Hall–Kier alpha value is -2.60. The van der Waals surface area contributed by atoms with Crippen molar-refractivity contribution in [3.05, 3.63) is 47.8 Å². The summed E-state index contributed by atoms with van der Waals surface area (Å²) in [5.41, 5.74) is 4.36. The number of aryl methyl sites for hydroxylation is 1. The van der Waals surface area contributed by atoms with Crippen molar-refractivity contribution in [1.29, 1.82) is 0 Å². The summed E-state index contributed by atoms with van der Waals surface area (Å²) in [6.45, 7) is 10.1. The second kappa shape index (κ2) is 10.7. The van der Waals surface area contributed by atoms with E-state index >= 15 is 0 Å². The molecule has 0 radical (unpaired) electrons. The van der Waals surface area contributed by atoms with E-state index in [0.717, 1.165) is 49.5 Å². The fraction of sp³-hybridized carbons (Fsp3) is 0.455. The van der Waals surface area contributed by atoms with E-state index in [2.05, 4.69) is 59.4 Å². The Morgan fingerprint density at radius 1 is 1.11 bits per heavy atom. The van der Waals surface area contributed by atoms with Gasteiger partial charge in [0.25, 0.3) is 5.91 Å². The summed E-state index contributed by atoms with van der Waals surface area (Å²) in [7, 11) is 4.13. The van der Waals surface area contributed by atoms with Gasteiger partial charge < -0.3 is 20.4 Å². The summed E-state index contributed by atoms with van der Waals surface area (Å²) >= 11 is 0. The predicted molar refractivity (Wildman–Crippen MR) is 119 cm³/mol. The SMILES string of the molecule is CCN(CC)c1ccc(NC(=O)c2ccc(NCCCN(C)C)cn2)c(C)c1. The molecule has 1 heterocycles. The fourth-order valence-corrected chi connectivity index (χ4v) is 3.02. The maximum Gasteiger partial charge on any atom is 0.274 e. The van der Waals surface area contributed by atoms with Crippen LogP contribution in [0.5, 0.6) is 0 Å². The zero-order valence-electron chi connectivity index (χ0n) is 17.7. The van der Waals surface area contributed by atoms with Crippen molar-refractivity contribution >= 4 is 23.0 Å². The number of amides is 1. The molecule has 1 aromatic heterocycles. The first-order valence-corrected chi connectivity index (χ1v) is 9.96. The lowest BCUT2D eigenvalue weighted by molar-refractivity contribution is 0.102. The largest absolute Gasteiger partial charge is 0.384 e. The van der Waals surface area contributed by atoms with Gasteiger partial charge in [0.1, 0.15) is 5.69 Å². The summed E-state index contributed by atoms with van der Waals surface area (Å²) in [5, 5.41) is 6.29. The fourth-order valence-electron chi connectivity index (χ4n) is 3.02. The molecule has 0 saturated heterocycles. The Labute approximate surface area is 169 Å². The van der Waals surface area contributed by atoms with Gasteiger partial charge in [0.15, 0.2) is 0 Å². The standard InChI is InChI=1S/C22H33N5O/c1-6-27(7-2)19-10-12-20(17(3)15-19)25-22(28)21-11-9-18(16-24-21)23-13-8-14-26(4)5/h9-12,15-16,23H,6-8,13-14H2,1-5H3,(H,25,28). The summed E-state index contributed by atoms with van der Waals surface area (Å²) in [6, 6.07) is 9.76. The summed E-state index contributed by atoms with van der Waals surface area (Å²) in [4.78, 5) is 21.3. The van der Waals surface area contributed by atoms with E-state index < -0.39 is 0 Å². The van der Waals surface area contributed by atoms with Gasteiger partial charge in [0, 0.05) is 31.0 Å². The summed E-state index contributed by atoms with van der Waals surface area (Å²) in [5.74, 6) is -0.196. The molecule has 0 spiro atoms. The van der Waals surface area contributed by atoms with Crippen molar-refractivity contribution in [2.24, 2.45) is 0 Å². The molecule has 0 bridgehead atoms. The molecule has 0 saturated carbocycles. The van der Waals surface area contributed by atoms with E-state index in [1.54, 1.807) is 12.3 Å². The van der Waals surface area contributed by atoms with Gasteiger partial charge in [-0.1, -0.05) is 0 Å². The molecule has 2 N–H and O–H groups in total. The van der Waals surface area contributed by atoms with Gasteiger partial charge >= 0.3 is 0 Å². The monoisotopic (exact) mass is 383 g/mol. The first kappa shape index (κ1) is 21.7. The van der Waals surface area contributed by atoms with Gasteiger partial charge in [0.05, 0.1) is 11.9 Å². The molecule has 0 unspecified atom stereocenters. The third-order valence-electron chi connectivity index (χ3n) is 4.69. The second-order valence-electron chi connectivity index (χ2n) is 7.14. The van der Waals surface area contributed by atoms with Crippen molar-refractivity contribution in [3.63, 3.8) is 0 Å². The minimum atomic E-state index is -0.196. The lowest BCUT2D eigenvalue weighted by Gasteiger charge is -2.22. The number of carbonyl (C=O) groups is 1. The number of hydrogen-bond acceptors (Lipinski definition) is 5. The number of rotatable bonds is 10. The Balaban J connectivity index is 1.95. The Morgan fingerprint density at radius 2 is 1.86 bits per heavy atom. The van der Waals surface area contributed by atoms with E-state index in [9.17, 15) is 4.79 Å². The normalized spacial score (nSPS) is 10.8. The van der Waals surface area contributed by atoms with E-state index in [1.807, 2.05) is 25.1 Å². The second-order valence-corrected chi connectivity index (χ2v) is 7.14. The van der Waals surface area contributed by atoms with Gasteiger partial charge in [-0.15, -0.1) is 0 Å². The van der Waals surface area contributed by atoms with Crippen LogP contribution in [0, 0.1) is 6.92 Å². The van der Waals surface area contributed by atoms with Crippen LogP contribution >= 0.6 is 0 Å². The minimum Gasteiger partial charge on any atom is -0.384 e. The number of anilines is 3. The first-order chi connectivity index (χ1) is 13.4. The molecule has 0 aliphatic carbocycles. The number of aromatic nitrogens is 1. The molecule has 6 nitrogen and oxygen atoms in total. The zero-order chi connectivity index (χ0) is 20.5. The summed E-state index contributed by atoms with van der Waals surface area (Å²) < 4.78 is 0. The van der Waals surface area contributed by atoms with Crippen LogP contribution in [-0.2, 0) is 0 Å². The quantitative estimate of drug-likeness (QED) is 0.610. The highest BCUT2D eigenvalue weighted by Crippen LogP contribution is 2.23. The Morgan fingerprint density at radius 3 is 2.43 bits per heavy atom. The maximum absolute atomic E-state index is 12.5. The number of pyridine rings is 1. The van der Waals surface area contributed by atoms with Crippen LogP contribution in [-0.4, -0.2) is 56.1 Å². The van der Waals surface area contributed by atoms with Gasteiger partial charge in [-0.3, -0.25) is 4.79 Å². The molecule has 2 aromatic rings. The maximum atomic E-state index is 12.5. The molecule has 1 amide bonds. The lowest BCUT2D eigenvalue weighted by atomic mass is 10.1. The molecular formula is C22H33N5O. The minimum absolute atomic E-state index is 0.196. The molecule has 6 heteroatoms. The number of nitrogens with one attached hydrogen (secondary N) is 2. The Bertz CT molecular complexity index is 754. The molecule has 2 rings (SSSR count). The van der Waals surface area contributed by atoms with Crippen molar-refractivity contribution in [2.45, 2.75) is 27.2 Å². The van der Waals surface area contributed by atoms with Crippen molar-refractivity contribution in [3.8, 4) is 0 Å². The van der Waals surface area contributed by atoms with Crippen LogP contribution in [0.4, 0.5) is 17.1 Å². The molecule has 1 aromatic carbocycles. The van der Waals surface area contributed by atoms with Crippen molar-refractivity contribution in [1.82, 2.24) is 9.88 Å². The third-order valence-corrected chi connectivity index (χ3v) is 4.69. The highest BCUT2D eigenvalue weighted by atomic mass is 16.1. The van der Waals surface area contributed by atoms with E-state index in [1.165, 1.54) is 5.69 Å². The van der Waals surface area contributed by atoms with Crippen molar-refractivity contribution < 1.29 is 4.79 Å². The van der Waals surface area contributed by atoms with Gasteiger partial charge in [-0.2, -0.15) is 0 Å². The smallest absolute Gasteiger partial charge is 0.274 e. The van der Waals surface area contributed by atoms with Gasteiger partial charge in [-0.25, -0.2) is 4.98 Å². The van der Waals surface area contributed by atoms with Crippen LogP contribution in [0.3, 0.4) is 0 Å². The number of nitrogens with zero attached hydrogens (tertiary/aromatic N) is 3. The van der Waals surface area contributed by atoms with Crippen LogP contribution < -0.4 is 15.5 Å². The van der Waals surface area contributed by atoms with Gasteiger partial charge in [-0.05, 0) is 83.7 Å². The van der Waals surface area contributed by atoms with Crippen LogP contribution in [0.1, 0.15) is 36.3 Å². The van der Waals surface area contributed by atoms with Crippen LogP contribution in [0.25, 0.3) is 0 Å². The van der Waals surface area contributed by atoms with Crippen molar-refractivity contribution in [2.75, 3.05) is 55.8 Å². The average Bonchev–Trinajstić information content (AvgIpc) is 2.68. The van der Waals surface area contributed by atoms with E-state index in [0.29, 0.717) is 5.69 Å². The molecular weight excluding hydrogens is 350 g/mol. The molecule has 28 heavy (non-hydrogen) atoms. The lowest BCUT2D eigenvalue weighted by Crippen LogP contribution is -2.22. The van der Waals surface area contributed by atoms with Crippen LogP contribution in [0.15, 0.2) is 36.5 Å². The van der Waals surface area contributed by atoms with Crippen LogP contribution in [0.2, 0.25) is 0 Å². The predicted octanol–water partition coefficient (Wildman–Crippen LogP) is 3.85. The van der Waals surface area contributed by atoms with Gasteiger partial charge in [0.2, 0.25) is 0 Å². The number of carbonyl (C=O) groups excluding carboxylic acids is 1. The Kier molecular flexibility index (Phi) is 8.26. The van der Waals surface area contributed by atoms with E-state index in [-0.39, 0.29) is 5.91 Å². The molecule has 0 atom stereocenters. The number of benzene rings is 1. The number of hydrogen-bond donors (Lipinski definition) is 2. The average molecular weight is 384 g/mol. The van der Waals surface area contributed by atoms with E-state index in [4.69, 9.17) is 0 Å². The first-order valence-electron chi connectivity index (χ1n) is 9.96. The molecule has 152 valence electrons. The molecule has 0 aliphatic rings.